The quantitative estimate of drug-likeness (QED) is 0.617. The van der Waals surface area contributed by atoms with Crippen molar-refractivity contribution >= 4 is 11.6 Å². The number of rotatable bonds is 0. The molecule has 0 aromatic heterocycles. The Kier molecular flexibility index (Phi) is 2.37. The first-order valence-electron chi connectivity index (χ1n) is 6.02. The summed E-state index contributed by atoms with van der Waals surface area (Å²) in [7, 11) is 0. The van der Waals surface area contributed by atoms with Crippen LogP contribution in [-0.2, 0) is 19.1 Å². The van der Waals surface area contributed by atoms with E-state index >= 15 is 0 Å². The first-order valence-corrected chi connectivity index (χ1v) is 6.02. The number of Topliss-reactive ketones (excluding diaryl/α,β-unsaturated/α-hetero) is 2. The molecule has 0 radical (unpaired) electrons. The van der Waals surface area contributed by atoms with Crippen LogP contribution in [0, 0.1) is 11.8 Å². The highest BCUT2D eigenvalue weighted by atomic mass is 16.7. The summed E-state index contributed by atoms with van der Waals surface area (Å²) in [6.45, 7) is 1.23. The van der Waals surface area contributed by atoms with Gasteiger partial charge in [0.2, 0.25) is 0 Å². The van der Waals surface area contributed by atoms with Crippen molar-refractivity contribution in [1.29, 1.82) is 0 Å². The molecule has 4 heteroatoms. The highest BCUT2D eigenvalue weighted by Gasteiger charge is 2.50. The molecular formula is C12H16O4. The van der Waals surface area contributed by atoms with Gasteiger partial charge in [-0.3, -0.25) is 9.59 Å². The number of carbonyl (C=O) groups is 2. The number of ether oxygens (including phenoxy) is 2. The van der Waals surface area contributed by atoms with Crippen molar-refractivity contribution in [3.05, 3.63) is 0 Å². The lowest BCUT2D eigenvalue weighted by molar-refractivity contribution is -0.198. The molecule has 3 fully saturated rings. The summed E-state index contributed by atoms with van der Waals surface area (Å²) < 4.78 is 11.3. The van der Waals surface area contributed by atoms with Crippen LogP contribution in [-0.4, -0.2) is 30.6 Å². The Morgan fingerprint density at radius 2 is 1.75 bits per heavy atom. The van der Waals surface area contributed by atoms with Crippen molar-refractivity contribution in [2.24, 2.45) is 11.8 Å². The monoisotopic (exact) mass is 224 g/mol. The third-order valence-corrected chi connectivity index (χ3v) is 3.98. The van der Waals surface area contributed by atoms with E-state index in [-0.39, 0.29) is 23.4 Å². The van der Waals surface area contributed by atoms with E-state index in [1.54, 1.807) is 0 Å². The highest BCUT2D eigenvalue weighted by Crippen LogP contribution is 2.44. The van der Waals surface area contributed by atoms with Gasteiger partial charge >= 0.3 is 0 Å². The summed E-state index contributed by atoms with van der Waals surface area (Å²) in [5.41, 5.74) is 0. The lowest BCUT2D eigenvalue weighted by atomic mass is 9.76. The standard InChI is InChI=1S/C12H16O4/c13-10-2-1-8-6-12(15-3-4-16-12)7-9(5-10)11(8)14/h8-9H,1-7H2. The molecule has 2 unspecified atom stereocenters. The van der Waals surface area contributed by atoms with Crippen LogP contribution in [0.4, 0.5) is 0 Å². The van der Waals surface area contributed by atoms with Crippen molar-refractivity contribution in [3.8, 4) is 0 Å². The Morgan fingerprint density at radius 1 is 1.06 bits per heavy atom. The van der Waals surface area contributed by atoms with Gasteiger partial charge in [-0.25, -0.2) is 0 Å². The minimum Gasteiger partial charge on any atom is -0.347 e. The second-order valence-electron chi connectivity index (χ2n) is 5.09. The summed E-state index contributed by atoms with van der Waals surface area (Å²) in [5.74, 6) is -0.255. The molecule has 1 aliphatic heterocycles. The van der Waals surface area contributed by atoms with Crippen LogP contribution in [0.25, 0.3) is 0 Å². The van der Waals surface area contributed by atoms with Crippen molar-refractivity contribution < 1.29 is 19.1 Å². The molecule has 2 atom stereocenters. The molecule has 2 aliphatic carbocycles. The maximum atomic E-state index is 12.0. The highest BCUT2D eigenvalue weighted by molar-refractivity contribution is 5.92. The average Bonchev–Trinajstić information content (AvgIpc) is 2.67. The third-order valence-electron chi connectivity index (χ3n) is 3.98. The Bertz CT molecular complexity index is 330. The molecule has 0 aromatic carbocycles. The molecule has 3 rings (SSSR count). The summed E-state index contributed by atoms with van der Waals surface area (Å²) in [4.78, 5) is 23.6. The minimum atomic E-state index is -0.548. The predicted octanol–water partition coefficient (Wildman–Crippen LogP) is 1.08. The van der Waals surface area contributed by atoms with Gasteiger partial charge in [-0.2, -0.15) is 0 Å². The number of carbonyl (C=O) groups excluding carboxylic acids is 2. The van der Waals surface area contributed by atoms with Gasteiger partial charge in [-0.05, 0) is 6.42 Å². The van der Waals surface area contributed by atoms with Crippen LogP contribution in [0.3, 0.4) is 0 Å². The Morgan fingerprint density at radius 3 is 2.50 bits per heavy atom. The number of ketones is 2. The molecule has 0 N–H and O–H groups in total. The van der Waals surface area contributed by atoms with Gasteiger partial charge < -0.3 is 9.47 Å². The maximum Gasteiger partial charge on any atom is 0.169 e. The molecule has 1 heterocycles. The van der Waals surface area contributed by atoms with E-state index in [2.05, 4.69) is 0 Å². The zero-order valence-electron chi connectivity index (χ0n) is 9.24. The van der Waals surface area contributed by atoms with Crippen molar-refractivity contribution in [3.63, 3.8) is 0 Å². The molecule has 1 saturated heterocycles. The van der Waals surface area contributed by atoms with Crippen LogP contribution in [0.15, 0.2) is 0 Å². The maximum absolute atomic E-state index is 12.0. The second kappa shape index (κ2) is 3.64. The minimum absolute atomic E-state index is 0.0247. The van der Waals surface area contributed by atoms with Crippen LogP contribution in [0.2, 0.25) is 0 Å². The molecule has 2 saturated carbocycles. The Labute approximate surface area is 94.3 Å². The van der Waals surface area contributed by atoms with E-state index in [1.165, 1.54) is 0 Å². The zero-order chi connectivity index (χ0) is 11.2. The van der Waals surface area contributed by atoms with Crippen molar-refractivity contribution in [1.82, 2.24) is 0 Å². The first-order chi connectivity index (χ1) is 7.69. The van der Waals surface area contributed by atoms with Crippen molar-refractivity contribution in [2.45, 2.75) is 37.9 Å². The predicted molar refractivity (Wildman–Crippen MR) is 54.7 cm³/mol. The van der Waals surface area contributed by atoms with E-state index in [0.717, 1.165) is 0 Å². The first kappa shape index (κ1) is 10.4. The smallest absolute Gasteiger partial charge is 0.169 e. The van der Waals surface area contributed by atoms with Crippen molar-refractivity contribution in [2.75, 3.05) is 13.2 Å². The van der Waals surface area contributed by atoms with E-state index in [0.29, 0.717) is 45.3 Å². The molecule has 16 heavy (non-hydrogen) atoms. The van der Waals surface area contributed by atoms with E-state index in [4.69, 9.17) is 9.47 Å². The van der Waals surface area contributed by atoms with Gasteiger partial charge in [-0.15, -0.1) is 0 Å². The number of hydrogen-bond acceptors (Lipinski definition) is 4. The Hall–Kier alpha value is -0.740. The lowest BCUT2D eigenvalue weighted by Gasteiger charge is -2.38. The molecule has 0 amide bonds. The third kappa shape index (κ3) is 1.60. The van der Waals surface area contributed by atoms with Gasteiger partial charge in [0.1, 0.15) is 11.6 Å². The number of hydrogen-bond donors (Lipinski definition) is 0. The normalized spacial score (nSPS) is 37.8. The van der Waals surface area contributed by atoms with E-state index < -0.39 is 5.79 Å². The fraction of sp³-hybridized carbons (Fsp3) is 0.833. The van der Waals surface area contributed by atoms with Gasteiger partial charge in [0, 0.05) is 37.5 Å². The largest absolute Gasteiger partial charge is 0.347 e. The summed E-state index contributed by atoms with van der Waals surface area (Å²) in [5, 5.41) is 0. The zero-order valence-corrected chi connectivity index (χ0v) is 9.24. The lowest BCUT2D eigenvalue weighted by Crippen LogP contribution is -2.44. The van der Waals surface area contributed by atoms with Crippen LogP contribution in [0.1, 0.15) is 32.1 Å². The molecule has 2 bridgehead atoms. The van der Waals surface area contributed by atoms with Crippen LogP contribution in [0.5, 0.6) is 0 Å². The SMILES string of the molecule is O=C1CCC2CC3(CC(C1)C2=O)OCCO3. The summed E-state index contributed by atoms with van der Waals surface area (Å²) in [6, 6.07) is 0. The molecule has 4 nitrogen and oxygen atoms in total. The fourth-order valence-electron chi connectivity index (χ4n) is 3.23. The van der Waals surface area contributed by atoms with Gasteiger partial charge in [0.05, 0.1) is 13.2 Å². The van der Waals surface area contributed by atoms with E-state index in [1.807, 2.05) is 0 Å². The van der Waals surface area contributed by atoms with Gasteiger partial charge in [-0.1, -0.05) is 0 Å². The Balaban J connectivity index is 1.87. The topological polar surface area (TPSA) is 52.6 Å². The molecule has 88 valence electrons. The van der Waals surface area contributed by atoms with Crippen LogP contribution < -0.4 is 0 Å². The van der Waals surface area contributed by atoms with Crippen LogP contribution >= 0.6 is 0 Å². The average molecular weight is 224 g/mol. The fourth-order valence-corrected chi connectivity index (χ4v) is 3.23. The van der Waals surface area contributed by atoms with Gasteiger partial charge in [0.25, 0.3) is 0 Å². The second-order valence-corrected chi connectivity index (χ2v) is 5.09. The summed E-state index contributed by atoms with van der Waals surface area (Å²) in [6.07, 6.45) is 2.85. The molecular weight excluding hydrogens is 208 g/mol. The summed E-state index contributed by atoms with van der Waals surface area (Å²) >= 11 is 0. The molecule has 1 spiro atoms. The molecule has 3 aliphatic rings. The van der Waals surface area contributed by atoms with Gasteiger partial charge in [0.15, 0.2) is 5.79 Å². The van der Waals surface area contributed by atoms with E-state index in [9.17, 15) is 9.59 Å². The number of fused-ring (bicyclic) bond motifs is 2. The molecule has 0 aromatic rings.